The third-order valence-corrected chi connectivity index (χ3v) is 6.81. The normalized spacial score (nSPS) is 12.5. The summed E-state index contributed by atoms with van der Waals surface area (Å²) in [4.78, 5) is 20.6. The zero-order valence-corrected chi connectivity index (χ0v) is 17.1. The number of nitrogens with one attached hydrogen (secondary N) is 1. The lowest BCUT2D eigenvalue weighted by Crippen LogP contribution is -2.32. The molecule has 1 amide bonds. The summed E-state index contributed by atoms with van der Waals surface area (Å²) in [6.07, 6.45) is 6.13. The van der Waals surface area contributed by atoms with Crippen LogP contribution in [0, 0.1) is 0 Å². The molecule has 1 N–H and O–H groups in total. The first-order chi connectivity index (χ1) is 13.9. The molecule has 0 aliphatic carbocycles. The van der Waals surface area contributed by atoms with Gasteiger partial charge in [-0.1, -0.05) is 32.0 Å². The quantitative estimate of drug-likeness (QED) is 0.645. The highest BCUT2D eigenvalue weighted by molar-refractivity contribution is 7.91. The number of nitrogens with zero attached hydrogens (tertiary/aromatic N) is 2. The highest BCUT2D eigenvalue weighted by Crippen LogP contribution is 2.29. The van der Waals surface area contributed by atoms with Crippen molar-refractivity contribution < 1.29 is 13.2 Å². The van der Waals surface area contributed by atoms with Crippen LogP contribution in [-0.2, 0) is 9.84 Å². The first kappa shape index (κ1) is 20.7. The standard InChI is InChI=1S/C22H23N3O3S/c1-16(2)17-5-7-20(8-6-17)29(27,28)21(19-4-3-11-24-14-19)15-25-22(26)18-9-12-23-13-10-18/h3-14,16,21H,15H2,1-2H3,(H,25,26)/t21-/m1/s1. The summed E-state index contributed by atoms with van der Waals surface area (Å²) in [6.45, 7) is 4.04. The molecule has 29 heavy (non-hydrogen) atoms. The van der Waals surface area contributed by atoms with Crippen LogP contribution in [0.15, 0.2) is 78.2 Å². The predicted octanol–water partition coefficient (Wildman–Crippen LogP) is 3.55. The van der Waals surface area contributed by atoms with E-state index in [9.17, 15) is 13.2 Å². The van der Waals surface area contributed by atoms with Crippen molar-refractivity contribution in [2.24, 2.45) is 0 Å². The van der Waals surface area contributed by atoms with Gasteiger partial charge in [-0.2, -0.15) is 0 Å². The van der Waals surface area contributed by atoms with E-state index in [-0.39, 0.29) is 17.3 Å². The van der Waals surface area contributed by atoms with Crippen LogP contribution in [0.3, 0.4) is 0 Å². The Kier molecular flexibility index (Phi) is 6.39. The number of carbonyl (C=O) groups is 1. The minimum Gasteiger partial charge on any atom is -0.350 e. The van der Waals surface area contributed by atoms with Gasteiger partial charge in [-0.15, -0.1) is 0 Å². The van der Waals surface area contributed by atoms with Gasteiger partial charge in [0.15, 0.2) is 9.84 Å². The summed E-state index contributed by atoms with van der Waals surface area (Å²) in [5, 5.41) is 1.78. The Balaban J connectivity index is 1.90. The highest BCUT2D eigenvalue weighted by atomic mass is 32.2. The number of amides is 1. The van der Waals surface area contributed by atoms with Crippen LogP contribution in [0.2, 0.25) is 0 Å². The summed E-state index contributed by atoms with van der Waals surface area (Å²) >= 11 is 0. The molecule has 0 radical (unpaired) electrons. The van der Waals surface area contributed by atoms with Gasteiger partial charge in [-0.25, -0.2) is 8.42 Å². The van der Waals surface area contributed by atoms with Gasteiger partial charge in [-0.05, 0) is 47.4 Å². The van der Waals surface area contributed by atoms with E-state index in [1.807, 2.05) is 12.1 Å². The Morgan fingerprint density at radius 3 is 2.21 bits per heavy atom. The van der Waals surface area contributed by atoms with E-state index in [2.05, 4.69) is 29.1 Å². The van der Waals surface area contributed by atoms with E-state index in [0.29, 0.717) is 17.0 Å². The second-order valence-electron chi connectivity index (χ2n) is 6.99. The van der Waals surface area contributed by atoms with Gasteiger partial charge in [0.2, 0.25) is 0 Å². The molecule has 6 nitrogen and oxygen atoms in total. The molecule has 3 rings (SSSR count). The Labute approximate surface area is 171 Å². The molecule has 0 aliphatic heterocycles. The number of carbonyl (C=O) groups excluding carboxylic acids is 1. The average molecular weight is 410 g/mol. The maximum Gasteiger partial charge on any atom is 0.251 e. The second kappa shape index (κ2) is 8.96. The molecule has 150 valence electrons. The van der Waals surface area contributed by atoms with Gasteiger partial charge in [-0.3, -0.25) is 14.8 Å². The summed E-state index contributed by atoms with van der Waals surface area (Å²) in [6, 6.07) is 13.4. The number of hydrogen-bond donors (Lipinski definition) is 1. The van der Waals surface area contributed by atoms with Gasteiger partial charge in [0, 0.05) is 36.9 Å². The number of benzene rings is 1. The van der Waals surface area contributed by atoms with E-state index >= 15 is 0 Å². The summed E-state index contributed by atoms with van der Waals surface area (Å²) in [7, 11) is -3.74. The molecule has 0 saturated heterocycles. The molecule has 1 aromatic carbocycles. The van der Waals surface area contributed by atoms with Crippen LogP contribution in [0.4, 0.5) is 0 Å². The summed E-state index contributed by atoms with van der Waals surface area (Å²) < 4.78 is 26.7. The number of rotatable bonds is 7. The van der Waals surface area contributed by atoms with Gasteiger partial charge in [0.1, 0.15) is 5.25 Å². The van der Waals surface area contributed by atoms with Crippen LogP contribution in [-0.4, -0.2) is 30.8 Å². The van der Waals surface area contributed by atoms with Crippen LogP contribution < -0.4 is 5.32 Å². The Morgan fingerprint density at radius 2 is 1.62 bits per heavy atom. The van der Waals surface area contributed by atoms with Crippen molar-refractivity contribution in [3.05, 3.63) is 90.0 Å². The van der Waals surface area contributed by atoms with Crippen LogP contribution in [0.5, 0.6) is 0 Å². The second-order valence-corrected chi connectivity index (χ2v) is 9.12. The summed E-state index contributed by atoms with van der Waals surface area (Å²) in [5.41, 5.74) is 2.01. The van der Waals surface area contributed by atoms with Crippen molar-refractivity contribution in [1.82, 2.24) is 15.3 Å². The maximum atomic E-state index is 13.4. The smallest absolute Gasteiger partial charge is 0.251 e. The maximum absolute atomic E-state index is 13.4. The van der Waals surface area contributed by atoms with Gasteiger partial charge >= 0.3 is 0 Å². The van der Waals surface area contributed by atoms with E-state index in [4.69, 9.17) is 0 Å². The molecule has 0 bridgehead atoms. The fraction of sp³-hybridized carbons (Fsp3) is 0.227. The molecule has 0 unspecified atom stereocenters. The van der Waals surface area contributed by atoms with Gasteiger partial charge in [0.25, 0.3) is 5.91 Å². The molecule has 7 heteroatoms. The van der Waals surface area contributed by atoms with Crippen molar-refractivity contribution in [3.63, 3.8) is 0 Å². The Hall–Kier alpha value is -3.06. The molecule has 2 heterocycles. The minimum absolute atomic E-state index is 0.0683. The number of pyridine rings is 2. The fourth-order valence-corrected chi connectivity index (χ4v) is 4.62. The van der Waals surface area contributed by atoms with E-state index in [1.54, 1.807) is 42.6 Å². The monoisotopic (exact) mass is 409 g/mol. The first-order valence-electron chi connectivity index (χ1n) is 9.31. The lowest BCUT2D eigenvalue weighted by Gasteiger charge is -2.19. The third-order valence-electron chi connectivity index (χ3n) is 4.70. The van der Waals surface area contributed by atoms with Gasteiger partial charge in [0.05, 0.1) is 4.90 Å². The van der Waals surface area contributed by atoms with E-state index < -0.39 is 15.1 Å². The van der Waals surface area contributed by atoms with Crippen LogP contribution >= 0.6 is 0 Å². The zero-order chi connectivity index (χ0) is 20.9. The molecule has 3 aromatic rings. The van der Waals surface area contributed by atoms with E-state index in [1.165, 1.54) is 18.6 Å². The van der Waals surface area contributed by atoms with Crippen LogP contribution in [0.1, 0.15) is 46.5 Å². The van der Waals surface area contributed by atoms with Crippen molar-refractivity contribution in [3.8, 4) is 0 Å². The van der Waals surface area contributed by atoms with Crippen molar-refractivity contribution in [2.45, 2.75) is 29.9 Å². The van der Waals surface area contributed by atoms with Gasteiger partial charge < -0.3 is 5.32 Å². The largest absolute Gasteiger partial charge is 0.350 e. The predicted molar refractivity (Wildman–Crippen MR) is 111 cm³/mol. The molecule has 0 aliphatic rings. The minimum atomic E-state index is -3.74. The zero-order valence-electron chi connectivity index (χ0n) is 16.3. The molecule has 0 spiro atoms. The molecule has 1 atom stereocenters. The molecule has 2 aromatic heterocycles. The lowest BCUT2D eigenvalue weighted by molar-refractivity contribution is 0.0953. The average Bonchev–Trinajstić information content (AvgIpc) is 2.75. The highest BCUT2D eigenvalue weighted by Gasteiger charge is 2.30. The Bertz CT molecular complexity index is 1050. The SMILES string of the molecule is CC(C)c1ccc(S(=O)(=O)[C@H](CNC(=O)c2ccncc2)c2cccnc2)cc1. The van der Waals surface area contributed by atoms with Crippen molar-refractivity contribution in [2.75, 3.05) is 6.54 Å². The third kappa shape index (κ3) is 4.86. The topological polar surface area (TPSA) is 89.0 Å². The van der Waals surface area contributed by atoms with Crippen LogP contribution in [0.25, 0.3) is 0 Å². The molecular formula is C22H23N3O3S. The Morgan fingerprint density at radius 1 is 0.931 bits per heavy atom. The molecule has 0 saturated carbocycles. The lowest BCUT2D eigenvalue weighted by atomic mass is 10.0. The first-order valence-corrected chi connectivity index (χ1v) is 10.9. The summed E-state index contributed by atoms with van der Waals surface area (Å²) in [5.74, 6) is -0.0489. The van der Waals surface area contributed by atoms with Crippen molar-refractivity contribution >= 4 is 15.7 Å². The number of sulfone groups is 1. The fourth-order valence-electron chi connectivity index (χ4n) is 2.97. The molecular weight excluding hydrogens is 386 g/mol. The number of aromatic nitrogens is 2. The van der Waals surface area contributed by atoms with Crippen molar-refractivity contribution in [1.29, 1.82) is 0 Å². The van der Waals surface area contributed by atoms with E-state index in [0.717, 1.165) is 5.56 Å². The molecule has 0 fully saturated rings. The number of hydrogen-bond acceptors (Lipinski definition) is 5.